The Labute approximate surface area is 246 Å². The Morgan fingerprint density at radius 2 is 1.49 bits per heavy atom. The van der Waals surface area contributed by atoms with Gasteiger partial charge in [0.25, 0.3) is 0 Å². The molecule has 0 unspecified atom stereocenters. The first kappa shape index (κ1) is 30.0. The number of piperazine rings is 1. The Hall–Kier alpha value is -2.50. The van der Waals surface area contributed by atoms with Crippen molar-refractivity contribution in [3.8, 4) is 0 Å². The summed E-state index contributed by atoms with van der Waals surface area (Å²) in [6.07, 6.45) is 8.08. The van der Waals surface area contributed by atoms with E-state index in [4.69, 9.17) is 15.5 Å². The van der Waals surface area contributed by atoms with Gasteiger partial charge in [-0.05, 0) is 43.5 Å². The van der Waals surface area contributed by atoms with Crippen molar-refractivity contribution in [1.82, 2.24) is 30.4 Å². The molecule has 3 heterocycles. The summed E-state index contributed by atoms with van der Waals surface area (Å²) in [5, 5.41) is 10.7. The van der Waals surface area contributed by atoms with Crippen LogP contribution in [0.5, 0.6) is 0 Å². The lowest BCUT2D eigenvalue weighted by Gasteiger charge is -2.37. The van der Waals surface area contributed by atoms with Crippen LogP contribution in [0, 0.1) is 0 Å². The molecule has 0 radical (unpaired) electrons. The van der Waals surface area contributed by atoms with Crippen LogP contribution in [0.25, 0.3) is 0 Å². The average molecular weight is 566 g/mol. The third-order valence-electron chi connectivity index (χ3n) is 8.64. The second kappa shape index (κ2) is 16.2. The minimum atomic E-state index is 0.502. The number of hydrogen-bond acceptors (Lipinski definition) is 10. The monoisotopic (exact) mass is 565 g/mol. The molecular formula is C31H51N9O. The number of morpholine rings is 1. The lowest BCUT2D eigenvalue weighted by atomic mass is 9.95. The molecule has 0 amide bonds. The topological polar surface area (TPSA) is 107 Å². The number of aromatic nitrogens is 2. The molecule has 10 nitrogen and oxygen atoms in total. The predicted molar refractivity (Wildman–Crippen MR) is 167 cm³/mol. The summed E-state index contributed by atoms with van der Waals surface area (Å²) in [6.45, 7) is 13.8. The Balaban J connectivity index is 0.991. The summed E-state index contributed by atoms with van der Waals surface area (Å²) in [5.74, 6) is 1.99. The molecule has 1 aromatic carbocycles. The van der Waals surface area contributed by atoms with Gasteiger partial charge in [0.05, 0.1) is 13.2 Å². The number of hydrogen-bond donors (Lipinski definition) is 4. The molecule has 2 aromatic rings. The Morgan fingerprint density at radius 1 is 0.805 bits per heavy atom. The molecule has 1 aliphatic carbocycles. The van der Waals surface area contributed by atoms with Crippen molar-refractivity contribution in [1.29, 1.82) is 0 Å². The zero-order chi connectivity index (χ0) is 28.1. The van der Waals surface area contributed by atoms with Crippen molar-refractivity contribution in [2.24, 2.45) is 0 Å². The molecule has 1 aromatic heterocycles. The minimum Gasteiger partial charge on any atom is -0.383 e. The number of nitrogens with zero attached hydrogens (tertiary/aromatic N) is 5. The van der Waals surface area contributed by atoms with Crippen LogP contribution in [-0.2, 0) is 17.8 Å². The molecule has 2 saturated heterocycles. The number of nitrogen functional groups attached to an aromatic ring is 1. The largest absolute Gasteiger partial charge is 0.383 e. The maximum Gasteiger partial charge on any atom is 0.226 e. The molecule has 10 heteroatoms. The standard InChI is InChI=1S/C31H51N9O/c32-29-23-30(40-17-15-38(16-18-40)13-14-39-19-21-41-22-20-39)37-31(36-29)35-25-27-9-7-26(8-10-27)24-33-11-4-12-34-28-5-2-1-3-6-28/h7-10,23,28,33-34H,1-6,11-22,24-25H2,(H3,32,35,36,37). The van der Waals surface area contributed by atoms with Crippen molar-refractivity contribution >= 4 is 17.6 Å². The third-order valence-corrected chi connectivity index (χ3v) is 8.64. The quantitative estimate of drug-likeness (QED) is 0.255. The molecule has 2 aliphatic heterocycles. The summed E-state index contributed by atoms with van der Waals surface area (Å²) >= 11 is 0. The number of anilines is 3. The highest BCUT2D eigenvalue weighted by molar-refractivity contribution is 5.52. The Morgan fingerprint density at radius 3 is 2.22 bits per heavy atom. The number of nitrogens with two attached hydrogens (primary N) is 1. The molecule has 3 aliphatic rings. The average Bonchev–Trinajstić information content (AvgIpc) is 3.02. The summed E-state index contributed by atoms with van der Waals surface area (Å²) in [7, 11) is 0. The van der Waals surface area contributed by atoms with Crippen LogP contribution < -0.4 is 26.6 Å². The second-order valence-electron chi connectivity index (χ2n) is 11.7. The number of nitrogens with one attached hydrogen (secondary N) is 3. The third kappa shape index (κ3) is 10.1. The number of rotatable bonds is 14. The maximum atomic E-state index is 6.17. The first-order valence-corrected chi connectivity index (χ1v) is 15.9. The van der Waals surface area contributed by atoms with Crippen LogP contribution >= 0.6 is 0 Å². The number of benzene rings is 1. The van der Waals surface area contributed by atoms with Crippen LogP contribution in [0.4, 0.5) is 17.6 Å². The van der Waals surface area contributed by atoms with Gasteiger partial charge in [-0.3, -0.25) is 9.80 Å². The van der Waals surface area contributed by atoms with E-state index in [1.165, 1.54) is 49.7 Å². The smallest absolute Gasteiger partial charge is 0.226 e. The molecular weight excluding hydrogens is 514 g/mol. The molecule has 3 fully saturated rings. The highest BCUT2D eigenvalue weighted by Gasteiger charge is 2.20. The number of ether oxygens (including phenoxy) is 1. The van der Waals surface area contributed by atoms with Gasteiger partial charge in [0.15, 0.2) is 0 Å². The van der Waals surface area contributed by atoms with Gasteiger partial charge in [0.2, 0.25) is 5.95 Å². The van der Waals surface area contributed by atoms with Crippen molar-refractivity contribution in [2.45, 2.75) is 57.7 Å². The maximum absolute atomic E-state index is 6.17. The molecule has 0 atom stereocenters. The van der Waals surface area contributed by atoms with Gasteiger partial charge < -0.3 is 31.3 Å². The Kier molecular flexibility index (Phi) is 11.9. The van der Waals surface area contributed by atoms with E-state index >= 15 is 0 Å². The fraction of sp³-hybridized carbons (Fsp3) is 0.677. The Bertz CT molecular complexity index is 1020. The van der Waals surface area contributed by atoms with Crippen molar-refractivity contribution in [3.63, 3.8) is 0 Å². The molecule has 5 rings (SSSR count). The van der Waals surface area contributed by atoms with Gasteiger partial charge in [0, 0.05) is 77.6 Å². The van der Waals surface area contributed by atoms with Gasteiger partial charge in [-0.15, -0.1) is 0 Å². The molecule has 226 valence electrons. The van der Waals surface area contributed by atoms with E-state index in [0.29, 0.717) is 18.3 Å². The normalized spacial score (nSPS) is 19.5. The van der Waals surface area contributed by atoms with E-state index in [1.807, 2.05) is 6.07 Å². The van der Waals surface area contributed by atoms with E-state index in [1.54, 1.807) is 0 Å². The zero-order valence-corrected chi connectivity index (χ0v) is 24.8. The van der Waals surface area contributed by atoms with Gasteiger partial charge >= 0.3 is 0 Å². The molecule has 5 N–H and O–H groups in total. The van der Waals surface area contributed by atoms with E-state index in [0.717, 1.165) is 97.1 Å². The first-order chi connectivity index (χ1) is 20.2. The van der Waals surface area contributed by atoms with Gasteiger partial charge in [-0.1, -0.05) is 43.5 Å². The van der Waals surface area contributed by atoms with E-state index < -0.39 is 0 Å². The molecule has 1 saturated carbocycles. The van der Waals surface area contributed by atoms with E-state index in [9.17, 15) is 0 Å². The van der Waals surface area contributed by atoms with E-state index in [-0.39, 0.29) is 0 Å². The summed E-state index contributed by atoms with van der Waals surface area (Å²) in [5.41, 5.74) is 8.68. The fourth-order valence-electron chi connectivity index (χ4n) is 6.02. The first-order valence-electron chi connectivity index (χ1n) is 15.9. The lowest BCUT2D eigenvalue weighted by Crippen LogP contribution is -2.49. The summed E-state index contributed by atoms with van der Waals surface area (Å²) in [4.78, 5) is 16.6. The second-order valence-corrected chi connectivity index (χ2v) is 11.7. The predicted octanol–water partition coefficient (Wildman–Crippen LogP) is 2.53. The van der Waals surface area contributed by atoms with E-state index in [2.05, 4.69) is 59.9 Å². The van der Waals surface area contributed by atoms with Crippen LogP contribution in [0.3, 0.4) is 0 Å². The van der Waals surface area contributed by atoms with Crippen molar-refractivity contribution in [2.75, 3.05) is 94.6 Å². The zero-order valence-electron chi connectivity index (χ0n) is 24.8. The summed E-state index contributed by atoms with van der Waals surface area (Å²) in [6, 6.07) is 11.4. The van der Waals surface area contributed by atoms with Gasteiger partial charge in [-0.25, -0.2) is 0 Å². The van der Waals surface area contributed by atoms with Gasteiger partial charge in [-0.2, -0.15) is 9.97 Å². The highest BCUT2D eigenvalue weighted by atomic mass is 16.5. The fourth-order valence-corrected chi connectivity index (χ4v) is 6.02. The molecule has 0 bridgehead atoms. The van der Waals surface area contributed by atoms with Crippen molar-refractivity contribution in [3.05, 3.63) is 41.5 Å². The SMILES string of the molecule is Nc1cc(N2CCN(CCN3CCOCC3)CC2)nc(NCc2ccc(CNCCCNC3CCCCC3)cc2)n1. The lowest BCUT2D eigenvalue weighted by molar-refractivity contribution is 0.0331. The highest BCUT2D eigenvalue weighted by Crippen LogP contribution is 2.19. The summed E-state index contributed by atoms with van der Waals surface area (Å²) < 4.78 is 5.46. The molecule has 41 heavy (non-hydrogen) atoms. The van der Waals surface area contributed by atoms with Crippen LogP contribution in [0.15, 0.2) is 30.3 Å². The van der Waals surface area contributed by atoms with Crippen LogP contribution in [0.1, 0.15) is 49.7 Å². The van der Waals surface area contributed by atoms with Crippen LogP contribution in [-0.4, -0.2) is 104 Å². The molecule has 0 spiro atoms. The van der Waals surface area contributed by atoms with Gasteiger partial charge in [0.1, 0.15) is 11.6 Å². The minimum absolute atomic E-state index is 0.502. The van der Waals surface area contributed by atoms with Crippen LogP contribution in [0.2, 0.25) is 0 Å². The van der Waals surface area contributed by atoms with Crippen molar-refractivity contribution < 1.29 is 4.74 Å².